The monoisotopic (exact) mass is 451 g/mol. The molecule has 0 radical (unpaired) electrons. The van der Waals surface area contributed by atoms with Gasteiger partial charge in [0.05, 0.1) is 5.41 Å². The number of carbonyl (C=O) groups excluding carboxylic acids is 2. The fourth-order valence-electron chi connectivity index (χ4n) is 3.19. The van der Waals surface area contributed by atoms with Crippen LogP contribution in [0.5, 0.6) is 23.1 Å². The van der Waals surface area contributed by atoms with Gasteiger partial charge in [-0.05, 0) is 49.7 Å². The number of hydrogen-bond donors (Lipinski definition) is 2. The summed E-state index contributed by atoms with van der Waals surface area (Å²) in [5.41, 5.74) is 5.28. The van der Waals surface area contributed by atoms with Gasteiger partial charge in [-0.15, -0.1) is 0 Å². The van der Waals surface area contributed by atoms with E-state index in [-0.39, 0.29) is 30.3 Å². The molecule has 9 heteroatoms. The van der Waals surface area contributed by atoms with Crippen LogP contribution in [0.15, 0.2) is 54.7 Å². The van der Waals surface area contributed by atoms with Crippen LogP contribution in [0.1, 0.15) is 35.3 Å². The van der Waals surface area contributed by atoms with E-state index in [0.717, 1.165) is 0 Å². The number of carbonyl (C=O) groups is 2. The minimum atomic E-state index is -1.01. The highest BCUT2D eigenvalue weighted by molar-refractivity contribution is 5.96. The third-order valence-electron chi connectivity index (χ3n) is 5.40. The molecule has 1 aliphatic rings. The van der Waals surface area contributed by atoms with Crippen molar-refractivity contribution in [2.24, 2.45) is 5.73 Å². The third kappa shape index (κ3) is 4.57. The Bertz CT molecular complexity index is 1230. The van der Waals surface area contributed by atoms with E-state index in [1.54, 1.807) is 50.2 Å². The van der Waals surface area contributed by atoms with Crippen LogP contribution in [0.3, 0.4) is 0 Å². The zero-order valence-electron chi connectivity index (χ0n) is 18.1. The number of aromatic nitrogens is 1. The molecule has 1 aliphatic heterocycles. The van der Waals surface area contributed by atoms with E-state index in [1.807, 2.05) is 0 Å². The van der Waals surface area contributed by atoms with Crippen LogP contribution in [0.2, 0.25) is 0 Å². The molecule has 170 valence electrons. The van der Waals surface area contributed by atoms with Crippen molar-refractivity contribution in [3.8, 4) is 23.1 Å². The van der Waals surface area contributed by atoms with E-state index in [2.05, 4.69) is 10.3 Å². The van der Waals surface area contributed by atoms with Gasteiger partial charge in [0, 0.05) is 24.4 Å². The second-order valence-corrected chi connectivity index (χ2v) is 7.95. The number of rotatable bonds is 7. The number of benzene rings is 2. The van der Waals surface area contributed by atoms with Crippen LogP contribution in [-0.4, -0.2) is 23.6 Å². The molecule has 0 aliphatic carbocycles. The topological polar surface area (TPSA) is 113 Å². The second-order valence-electron chi connectivity index (χ2n) is 7.95. The minimum Gasteiger partial charge on any atom is -0.454 e. The summed E-state index contributed by atoms with van der Waals surface area (Å²) in [6, 6.07) is 12.6. The predicted octanol–water partition coefficient (Wildman–Crippen LogP) is 3.43. The number of halogens is 1. The molecule has 3 N–H and O–H groups in total. The standard InChI is InChI=1S/C24H22FN3O5/c1-24(2,23(26)30)15-6-5-14(18(25)10-15)12-28-21(29)17-4-3-9-27-22(17)33-16-7-8-19-20(11-16)32-13-31-19/h3-11H,12-13H2,1-2H3,(H2,26,30)(H,28,29). The molecule has 2 amide bonds. The lowest BCUT2D eigenvalue weighted by atomic mass is 9.83. The molecule has 2 aromatic carbocycles. The van der Waals surface area contributed by atoms with Crippen molar-refractivity contribution in [3.05, 3.63) is 77.2 Å². The Morgan fingerprint density at radius 3 is 2.70 bits per heavy atom. The van der Waals surface area contributed by atoms with Crippen molar-refractivity contribution in [1.29, 1.82) is 0 Å². The first-order valence-electron chi connectivity index (χ1n) is 10.2. The maximum Gasteiger partial charge on any atom is 0.257 e. The summed E-state index contributed by atoms with van der Waals surface area (Å²) in [5, 5.41) is 2.67. The van der Waals surface area contributed by atoms with Crippen LogP contribution in [0, 0.1) is 5.82 Å². The Labute approximate surface area is 189 Å². The highest BCUT2D eigenvalue weighted by Gasteiger charge is 2.28. The Morgan fingerprint density at radius 2 is 1.94 bits per heavy atom. The molecule has 3 aromatic rings. The molecule has 0 fully saturated rings. The first-order chi connectivity index (χ1) is 15.8. The number of hydrogen-bond acceptors (Lipinski definition) is 6. The number of amides is 2. The van der Waals surface area contributed by atoms with Crippen molar-refractivity contribution in [2.45, 2.75) is 25.8 Å². The maximum absolute atomic E-state index is 14.6. The van der Waals surface area contributed by atoms with Gasteiger partial charge in [0.25, 0.3) is 5.91 Å². The zero-order valence-corrected chi connectivity index (χ0v) is 18.1. The first kappa shape index (κ1) is 22.1. The third-order valence-corrected chi connectivity index (χ3v) is 5.40. The van der Waals surface area contributed by atoms with Gasteiger partial charge in [0.15, 0.2) is 11.5 Å². The van der Waals surface area contributed by atoms with Crippen LogP contribution in [0.25, 0.3) is 0 Å². The van der Waals surface area contributed by atoms with E-state index in [0.29, 0.717) is 22.8 Å². The van der Waals surface area contributed by atoms with Crippen LogP contribution in [-0.2, 0) is 16.8 Å². The van der Waals surface area contributed by atoms with Crippen molar-refractivity contribution in [1.82, 2.24) is 10.3 Å². The Balaban J connectivity index is 1.47. The molecule has 0 saturated heterocycles. The molecule has 4 rings (SSSR count). The summed E-state index contributed by atoms with van der Waals surface area (Å²) in [7, 11) is 0. The Hall–Kier alpha value is -4.14. The van der Waals surface area contributed by atoms with Crippen molar-refractivity contribution in [2.75, 3.05) is 6.79 Å². The lowest BCUT2D eigenvalue weighted by molar-refractivity contribution is -0.122. The SMILES string of the molecule is CC(C)(C(N)=O)c1ccc(CNC(=O)c2cccnc2Oc2ccc3c(c2)OCO3)c(F)c1. The quantitative estimate of drug-likeness (QED) is 0.569. The van der Waals surface area contributed by atoms with Gasteiger partial charge in [-0.2, -0.15) is 0 Å². The molecule has 8 nitrogen and oxygen atoms in total. The van der Waals surface area contributed by atoms with Crippen molar-refractivity contribution in [3.63, 3.8) is 0 Å². The van der Waals surface area contributed by atoms with E-state index in [9.17, 15) is 14.0 Å². The second kappa shape index (κ2) is 8.78. The average Bonchev–Trinajstić information content (AvgIpc) is 3.26. The van der Waals surface area contributed by atoms with E-state index in [1.165, 1.54) is 18.3 Å². The number of fused-ring (bicyclic) bond motifs is 1. The summed E-state index contributed by atoms with van der Waals surface area (Å²) >= 11 is 0. The molecule has 0 bridgehead atoms. The van der Waals surface area contributed by atoms with Gasteiger partial charge >= 0.3 is 0 Å². The highest BCUT2D eigenvalue weighted by Crippen LogP contribution is 2.36. The van der Waals surface area contributed by atoms with Crippen molar-refractivity contribution < 1.29 is 28.2 Å². The van der Waals surface area contributed by atoms with Crippen LogP contribution in [0.4, 0.5) is 4.39 Å². The largest absolute Gasteiger partial charge is 0.454 e. The van der Waals surface area contributed by atoms with Gasteiger partial charge in [-0.25, -0.2) is 9.37 Å². The minimum absolute atomic E-state index is 0.0691. The lowest BCUT2D eigenvalue weighted by Crippen LogP contribution is -2.35. The number of nitrogens with one attached hydrogen (secondary N) is 1. The smallest absolute Gasteiger partial charge is 0.257 e. The van der Waals surface area contributed by atoms with Crippen molar-refractivity contribution >= 4 is 11.8 Å². The molecular weight excluding hydrogens is 429 g/mol. The summed E-state index contributed by atoms with van der Waals surface area (Å²) < 4.78 is 31.0. The van der Waals surface area contributed by atoms with Gasteiger partial charge in [-0.1, -0.05) is 12.1 Å². The maximum atomic E-state index is 14.6. The molecular formula is C24H22FN3O5. The van der Waals surface area contributed by atoms with Crippen LogP contribution < -0.4 is 25.3 Å². The number of primary amides is 1. The molecule has 0 unspecified atom stereocenters. The van der Waals surface area contributed by atoms with Gasteiger partial charge < -0.3 is 25.3 Å². The normalized spacial score (nSPS) is 12.3. The molecule has 2 heterocycles. The van der Waals surface area contributed by atoms with Gasteiger partial charge in [-0.3, -0.25) is 9.59 Å². The molecule has 0 atom stereocenters. The first-order valence-corrected chi connectivity index (χ1v) is 10.2. The van der Waals surface area contributed by atoms with Gasteiger partial charge in [0.2, 0.25) is 18.6 Å². The summed E-state index contributed by atoms with van der Waals surface area (Å²) in [6.45, 7) is 3.30. The number of nitrogens with two attached hydrogens (primary N) is 1. The fraction of sp³-hybridized carbons (Fsp3) is 0.208. The molecule has 0 saturated carbocycles. The van der Waals surface area contributed by atoms with Gasteiger partial charge in [0.1, 0.15) is 17.1 Å². The molecule has 1 aromatic heterocycles. The predicted molar refractivity (Wildman–Crippen MR) is 117 cm³/mol. The Morgan fingerprint density at radius 1 is 1.15 bits per heavy atom. The number of ether oxygens (including phenoxy) is 3. The average molecular weight is 451 g/mol. The van der Waals surface area contributed by atoms with E-state index in [4.69, 9.17) is 19.9 Å². The van der Waals surface area contributed by atoms with E-state index < -0.39 is 23.0 Å². The van der Waals surface area contributed by atoms with E-state index >= 15 is 0 Å². The lowest BCUT2D eigenvalue weighted by Gasteiger charge is -2.21. The highest BCUT2D eigenvalue weighted by atomic mass is 19.1. The summed E-state index contributed by atoms with van der Waals surface area (Å²) in [4.78, 5) is 28.5. The Kier molecular flexibility index (Phi) is 5.87. The van der Waals surface area contributed by atoms with Crippen LogP contribution >= 0.6 is 0 Å². The number of pyridine rings is 1. The fourth-order valence-corrected chi connectivity index (χ4v) is 3.19. The molecule has 33 heavy (non-hydrogen) atoms. The zero-order chi connectivity index (χ0) is 23.6. The summed E-state index contributed by atoms with van der Waals surface area (Å²) in [6.07, 6.45) is 1.50. The summed E-state index contributed by atoms with van der Waals surface area (Å²) in [5.74, 6) is 0.0551. The molecule has 0 spiro atoms. The number of nitrogens with zero attached hydrogens (tertiary/aromatic N) is 1.